The van der Waals surface area contributed by atoms with E-state index < -0.39 is 34.9 Å². The lowest BCUT2D eigenvalue weighted by Crippen LogP contribution is -2.41. The molecule has 4 nitrogen and oxygen atoms in total. The summed E-state index contributed by atoms with van der Waals surface area (Å²) < 4.78 is 31.3. The van der Waals surface area contributed by atoms with E-state index in [0.717, 1.165) is 6.07 Å². The van der Waals surface area contributed by atoms with Gasteiger partial charge in [0, 0.05) is 40.6 Å². The average Bonchev–Trinajstić information content (AvgIpc) is 3.13. The van der Waals surface area contributed by atoms with Crippen LogP contribution in [0.4, 0.5) is 8.78 Å². The maximum absolute atomic E-state index is 15.6. The number of benzene rings is 2. The van der Waals surface area contributed by atoms with Crippen molar-refractivity contribution in [1.82, 2.24) is 4.90 Å². The van der Waals surface area contributed by atoms with E-state index >= 15 is 8.78 Å². The lowest BCUT2D eigenvalue weighted by molar-refractivity contribution is -0.128. The summed E-state index contributed by atoms with van der Waals surface area (Å²) in [6.45, 7) is 6.04. The Labute approximate surface area is 225 Å². The SMILES string of the molecule is CC(C)(C)C[C@@H]1CN(C(=O)C2=CCC(=O)C=C2)[C@H](c2cccc(Cl)c2F)[C@@]1(C#N)c1ccc(Cl)cc1F. The van der Waals surface area contributed by atoms with Crippen molar-refractivity contribution in [1.29, 1.82) is 5.26 Å². The molecular formula is C29H26Cl2F2N2O2. The van der Waals surface area contributed by atoms with Gasteiger partial charge in [-0.1, -0.05) is 68.2 Å². The molecule has 4 rings (SSSR count). The number of likely N-dealkylation sites (tertiary alicyclic amines) is 1. The Morgan fingerprint density at radius 1 is 1.19 bits per heavy atom. The number of nitrogens with zero attached hydrogens (tertiary/aromatic N) is 2. The van der Waals surface area contributed by atoms with Gasteiger partial charge in [0.05, 0.1) is 17.1 Å². The van der Waals surface area contributed by atoms with Gasteiger partial charge in [-0.05, 0) is 42.2 Å². The minimum atomic E-state index is -1.65. The average molecular weight is 543 g/mol. The molecule has 192 valence electrons. The number of nitriles is 1. The van der Waals surface area contributed by atoms with Crippen molar-refractivity contribution >= 4 is 34.9 Å². The van der Waals surface area contributed by atoms with Crippen LogP contribution in [0.3, 0.4) is 0 Å². The topological polar surface area (TPSA) is 61.2 Å². The van der Waals surface area contributed by atoms with Crippen LogP contribution in [0.5, 0.6) is 0 Å². The second kappa shape index (κ2) is 10.0. The molecule has 1 fully saturated rings. The summed E-state index contributed by atoms with van der Waals surface area (Å²) in [5, 5.41) is 10.8. The van der Waals surface area contributed by atoms with Gasteiger partial charge in [-0.25, -0.2) is 8.78 Å². The smallest absolute Gasteiger partial charge is 0.254 e. The van der Waals surface area contributed by atoms with Crippen molar-refractivity contribution in [2.45, 2.75) is 45.1 Å². The van der Waals surface area contributed by atoms with Crippen molar-refractivity contribution in [3.63, 3.8) is 0 Å². The fourth-order valence-electron chi connectivity index (χ4n) is 5.52. The van der Waals surface area contributed by atoms with Crippen LogP contribution in [-0.4, -0.2) is 23.1 Å². The molecule has 0 aromatic heterocycles. The standard InChI is InChI=1S/C29H26Cl2F2N2O2/c1-28(2,3)14-18-15-35(27(37)17-7-10-20(36)11-8-17)26(21-5-4-6-23(31)25(21)33)29(18,16-34)22-12-9-19(30)13-24(22)32/h4-10,12-13,18,26H,11,14-15H2,1-3H3/t18-,26-,29-/m1/s1. The molecule has 1 aliphatic heterocycles. The zero-order valence-electron chi connectivity index (χ0n) is 20.7. The van der Waals surface area contributed by atoms with Gasteiger partial charge in [-0.2, -0.15) is 5.26 Å². The summed E-state index contributed by atoms with van der Waals surface area (Å²) in [4.78, 5) is 27.0. The minimum absolute atomic E-state index is 0.0182. The van der Waals surface area contributed by atoms with E-state index in [1.807, 2.05) is 20.8 Å². The molecule has 1 saturated heterocycles. The number of rotatable bonds is 4. The Kier molecular flexibility index (Phi) is 7.34. The Morgan fingerprint density at radius 3 is 2.51 bits per heavy atom. The normalized spacial score (nSPS) is 23.7. The van der Waals surface area contributed by atoms with Crippen molar-refractivity contribution in [3.05, 3.63) is 93.0 Å². The van der Waals surface area contributed by atoms with Gasteiger partial charge in [0.1, 0.15) is 17.0 Å². The Balaban J connectivity index is 2.01. The van der Waals surface area contributed by atoms with E-state index in [1.54, 1.807) is 6.07 Å². The molecule has 1 heterocycles. The molecule has 3 atom stereocenters. The number of amides is 1. The van der Waals surface area contributed by atoms with E-state index in [0.29, 0.717) is 6.42 Å². The maximum Gasteiger partial charge on any atom is 0.254 e. The number of halogens is 4. The first-order chi connectivity index (χ1) is 17.4. The molecular weight excluding hydrogens is 517 g/mol. The van der Waals surface area contributed by atoms with Gasteiger partial charge in [0.2, 0.25) is 0 Å². The molecule has 2 aromatic carbocycles. The molecule has 8 heteroatoms. The van der Waals surface area contributed by atoms with Crippen LogP contribution in [0.25, 0.3) is 0 Å². The van der Waals surface area contributed by atoms with Crippen molar-refractivity contribution in [2.75, 3.05) is 6.54 Å². The lowest BCUT2D eigenvalue weighted by atomic mass is 9.63. The predicted molar refractivity (Wildman–Crippen MR) is 139 cm³/mol. The van der Waals surface area contributed by atoms with E-state index in [1.165, 1.54) is 47.4 Å². The van der Waals surface area contributed by atoms with Crippen molar-refractivity contribution < 1.29 is 18.4 Å². The van der Waals surface area contributed by atoms with Crippen LogP contribution >= 0.6 is 23.2 Å². The summed E-state index contributed by atoms with van der Waals surface area (Å²) in [6.07, 6.45) is 4.76. The summed E-state index contributed by atoms with van der Waals surface area (Å²) in [5.41, 5.74) is -1.64. The van der Waals surface area contributed by atoms with Gasteiger partial charge in [0.25, 0.3) is 5.91 Å². The molecule has 0 spiro atoms. The molecule has 1 aliphatic carbocycles. The summed E-state index contributed by atoms with van der Waals surface area (Å²) in [7, 11) is 0. The van der Waals surface area contributed by atoms with Crippen LogP contribution in [0, 0.1) is 34.3 Å². The Morgan fingerprint density at radius 2 is 1.92 bits per heavy atom. The number of carbonyl (C=O) groups excluding carboxylic acids is 2. The van der Waals surface area contributed by atoms with Crippen LogP contribution in [-0.2, 0) is 15.0 Å². The van der Waals surface area contributed by atoms with E-state index in [4.69, 9.17) is 23.2 Å². The monoisotopic (exact) mass is 542 g/mol. The largest absolute Gasteiger partial charge is 0.329 e. The first-order valence-electron chi connectivity index (χ1n) is 11.9. The third-order valence-electron chi connectivity index (χ3n) is 6.98. The highest BCUT2D eigenvalue weighted by Gasteiger charge is 2.60. The number of hydrogen-bond acceptors (Lipinski definition) is 3. The third-order valence-corrected chi connectivity index (χ3v) is 7.51. The van der Waals surface area contributed by atoms with Crippen LogP contribution in [0.15, 0.2) is 60.2 Å². The first-order valence-corrected chi connectivity index (χ1v) is 12.7. The van der Waals surface area contributed by atoms with E-state index in [2.05, 4.69) is 6.07 Å². The summed E-state index contributed by atoms with van der Waals surface area (Å²) >= 11 is 12.2. The maximum atomic E-state index is 15.6. The van der Waals surface area contributed by atoms with Gasteiger partial charge in [-0.3, -0.25) is 9.59 Å². The highest BCUT2D eigenvalue weighted by atomic mass is 35.5. The molecule has 0 N–H and O–H groups in total. The fourth-order valence-corrected chi connectivity index (χ4v) is 5.86. The quantitative estimate of drug-likeness (QED) is 0.413. The highest BCUT2D eigenvalue weighted by Crippen LogP contribution is 2.56. The van der Waals surface area contributed by atoms with E-state index in [9.17, 15) is 14.9 Å². The number of allylic oxidation sites excluding steroid dienone is 2. The molecule has 2 aliphatic rings. The van der Waals surface area contributed by atoms with Crippen LogP contribution < -0.4 is 0 Å². The number of carbonyl (C=O) groups is 2. The minimum Gasteiger partial charge on any atom is -0.329 e. The Hall–Kier alpha value is -3.01. The van der Waals surface area contributed by atoms with Crippen LogP contribution in [0.2, 0.25) is 10.0 Å². The molecule has 1 amide bonds. The molecule has 0 saturated carbocycles. The first kappa shape index (κ1) is 27.0. The summed E-state index contributed by atoms with van der Waals surface area (Å²) in [6, 6.07) is 9.59. The molecule has 0 radical (unpaired) electrons. The fraction of sp³-hybridized carbons (Fsp3) is 0.345. The number of ketones is 1. The van der Waals surface area contributed by atoms with Gasteiger partial charge in [-0.15, -0.1) is 0 Å². The van der Waals surface area contributed by atoms with Gasteiger partial charge < -0.3 is 4.90 Å². The van der Waals surface area contributed by atoms with Gasteiger partial charge in [0.15, 0.2) is 5.78 Å². The Bertz CT molecular complexity index is 1370. The molecule has 0 unspecified atom stereocenters. The molecule has 2 aromatic rings. The molecule has 0 bridgehead atoms. The van der Waals surface area contributed by atoms with Crippen molar-refractivity contribution in [2.24, 2.45) is 11.3 Å². The second-order valence-electron chi connectivity index (χ2n) is 10.7. The number of hydrogen-bond donors (Lipinski definition) is 0. The van der Waals surface area contributed by atoms with E-state index in [-0.39, 0.29) is 50.9 Å². The second-order valence-corrected chi connectivity index (χ2v) is 11.6. The zero-order valence-corrected chi connectivity index (χ0v) is 22.2. The van der Waals surface area contributed by atoms with Crippen molar-refractivity contribution in [3.8, 4) is 6.07 Å². The molecule has 37 heavy (non-hydrogen) atoms. The van der Waals surface area contributed by atoms with Gasteiger partial charge >= 0.3 is 0 Å². The van der Waals surface area contributed by atoms with Crippen LogP contribution in [0.1, 0.15) is 50.8 Å². The summed E-state index contributed by atoms with van der Waals surface area (Å²) in [5.74, 6) is -2.66. The zero-order chi connectivity index (χ0) is 27.1. The predicted octanol–water partition coefficient (Wildman–Crippen LogP) is 7.12. The highest BCUT2D eigenvalue weighted by molar-refractivity contribution is 6.31. The lowest BCUT2D eigenvalue weighted by Gasteiger charge is -2.38. The third kappa shape index (κ3) is 4.95.